The normalized spacial score (nSPS) is 12.1. The Morgan fingerprint density at radius 2 is 2.21 bits per heavy atom. The van der Waals surface area contributed by atoms with Gasteiger partial charge in [0.15, 0.2) is 0 Å². The summed E-state index contributed by atoms with van der Waals surface area (Å²) in [6, 6.07) is 7.53. The first-order valence-corrected chi connectivity index (χ1v) is 5.30. The van der Waals surface area contributed by atoms with E-state index in [0.717, 1.165) is 9.32 Å². The number of aliphatic carboxylic acids is 1. The van der Waals surface area contributed by atoms with Gasteiger partial charge in [-0.3, -0.25) is 4.79 Å². The first kappa shape index (κ1) is 11.3. The highest BCUT2D eigenvalue weighted by atomic mass is 127. The van der Waals surface area contributed by atoms with Crippen molar-refractivity contribution < 1.29 is 14.6 Å². The summed E-state index contributed by atoms with van der Waals surface area (Å²) in [5, 5.41) is 8.55. The van der Waals surface area contributed by atoms with E-state index in [9.17, 15) is 4.79 Å². The molecule has 0 saturated carbocycles. The van der Waals surface area contributed by atoms with Gasteiger partial charge in [-0.15, -0.1) is 0 Å². The first-order valence-electron chi connectivity index (χ1n) is 4.22. The van der Waals surface area contributed by atoms with Crippen LogP contribution in [0.5, 0.6) is 5.75 Å². The predicted octanol–water partition coefficient (Wildman–Crippen LogP) is 2.53. The van der Waals surface area contributed by atoms with Crippen molar-refractivity contribution in [2.45, 2.75) is 19.4 Å². The second-order valence-corrected chi connectivity index (χ2v) is 4.12. The zero-order chi connectivity index (χ0) is 10.6. The summed E-state index contributed by atoms with van der Waals surface area (Å²) in [7, 11) is 0. The zero-order valence-corrected chi connectivity index (χ0v) is 9.89. The highest BCUT2D eigenvalue weighted by Gasteiger charge is 2.10. The van der Waals surface area contributed by atoms with Crippen molar-refractivity contribution in [1.29, 1.82) is 0 Å². The summed E-state index contributed by atoms with van der Waals surface area (Å²) >= 11 is 2.15. The summed E-state index contributed by atoms with van der Waals surface area (Å²) in [6.45, 7) is 1.75. The van der Waals surface area contributed by atoms with Crippen LogP contribution >= 0.6 is 22.6 Å². The number of carbonyl (C=O) groups is 1. The number of hydrogen-bond donors (Lipinski definition) is 1. The molecular weight excluding hydrogens is 295 g/mol. The van der Waals surface area contributed by atoms with E-state index in [2.05, 4.69) is 22.6 Å². The van der Waals surface area contributed by atoms with E-state index in [1.54, 1.807) is 6.92 Å². The van der Waals surface area contributed by atoms with Crippen LogP contribution in [0, 0.1) is 3.57 Å². The third-order valence-electron chi connectivity index (χ3n) is 1.63. The maximum Gasteiger partial charge on any atom is 0.307 e. The van der Waals surface area contributed by atoms with Gasteiger partial charge in [-0.05, 0) is 41.6 Å². The van der Waals surface area contributed by atoms with E-state index < -0.39 is 5.97 Å². The topological polar surface area (TPSA) is 46.5 Å². The van der Waals surface area contributed by atoms with Crippen LogP contribution in [0.1, 0.15) is 13.3 Å². The molecule has 0 spiro atoms. The highest BCUT2D eigenvalue weighted by molar-refractivity contribution is 14.1. The van der Waals surface area contributed by atoms with Crippen molar-refractivity contribution in [2.24, 2.45) is 0 Å². The molecule has 1 atom stereocenters. The van der Waals surface area contributed by atoms with Crippen LogP contribution in [0.2, 0.25) is 0 Å². The molecule has 1 aromatic rings. The summed E-state index contributed by atoms with van der Waals surface area (Å²) in [5.74, 6) is -0.106. The fourth-order valence-corrected chi connectivity index (χ4v) is 1.56. The average molecular weight is 306 g/mol. The number of para-hydroxylation sites is 1. The molecule has 0 aromatic heterocycles. The van der Waals surface area contributed by atoms with Gasteiger partial charge in [0.25, 0.3) is 0 Å². The molecule has 1 N–H and O–H groups in total. The average Bonchev–Trinajstić information content (AvgIpc) is 2.07. The molecule has 0 radical (unpaired) electrons. The summed E-state index contributed by atoms with van der Waals surface area (Å²) in [4.78, 5) is 10.4. The lowest BCUT2D eigenvalue weighted by Gasteiger charge is -2.13. The smallest absolute Gasteiger partial charge is 0.307 e. The largest absolute Gasteiger partial charge is 0.489 e. The monoisotopic (exact) mass is 306 g/mol. The van der Waals surface area contributed by atoms with E-state index >= 15 is 0 Å². The van der Waals surface area contributed by atoms with Crippen molar-refractivity contribution in [3.8, 4) is 5.75 Å². The lowest BCUT2D eigenvalue weighted by molar-refractivity contribution is -0.138. The maximum absolute atomic E-state index is 10.4. The molecular formula is C10H11IO3. The standard InChI is InChI=1S/C10H11IO3/c1-7(6-10(12)13)14-9-5-3-2-4-8(9)11/h2-5,7H,6H2,1H3,(H,12,13). The van der Waals surface area contributed by atoms with Crippen molar-refractivity contribution in [1.82, 2.24) is 0 Å². The molecule has 0 aliphatic heterocycles. The minimum absolute atomic E-state index is 0.0188. The summed E-state index contributed by atoms with van der Waals surface area (Å²) in [5.41, 5.74) is 0. The van der Waals surface area contributed by atoms with Crippen LogP contribution in [-0.2, 0) is 4.79 Å². The molecule has 0 heterocycles. The molecule has 1 unspecified atom stereocenters. The minimum Gasteiger partial charge on any atom is -0.489 e. The van der Waals surface area contributed by atoms with Crippen LogP contribution in [0.3, 0.4) is 0 Å². The molecule has 1 aromatic carbocycles. The molecule has 0 bridgehead atoms. The van der Waals surface area contributed by atoms with Gasteiger partial charge in [-0.25, -0.2) is 0 Å². The van der Waals surface area contributed by atoms with Crippen molar-refractivity contribution in [3.05, 3.63) is 27.8 Å². The molecule has 14 heavy (non-hydrogen) atoms. The van der Waals surface area contributed by atoms with Gasteiger partial charge in [0.05, 0.1) is 9.99 Å². The quantitative estimate of drug-likeness (QED) is 0.870. The molecule has 0 aliphatic carbocycles. The second kappa shape index (κ2) is 5.19. The fourth-order valence-electron chi connectivity index (χ4n) is 1.04. The summed E-state index contributed by atoms with van der Waals surface area (Å²) in [6.07, 6.45) is -0.284. The Morgan fingerprint density at radius 1 is 1.57 bits per heavy atom. The molecule has 3 nitrogen and oxygen atoms in total. The Labute approximate surface area is 96.2 Å². The number of benzene rings is 1. The van der Waals surface area contributed by atoms with Gasteiger partial charge >= 0.3 is 5.97 Å². The van der Waals surface area contributed by atoms with E-state index in [1.165, 1.54) is 0 Å². The van der Waals surface area contributed by atoms with Crippen LogP contribution in [0.25, 0.3) is 0 Å². The summed E-state index contributed by atoms with van der Waals surface area (Å²) < 4.78 is 6.46. The Balaban J connectivity index is 2.60. The van der Waals surface area contributed by atoms with Crippen LogP contribution in [-0.4, -0.2) is 17.2 Å². The Bertz CT molecular complexity index is 325. The molecule has 0 aliphatic rings. The molecule has 0 fully saturated rings. The van der Waals surface area contributed by atoms with Crippen LogP contribution in [0.15, 0.2) is 24.3 Å². The molecule has 1 rings (SSSR count). The van der Waals surface area contributed by atoms with Crippen LogP contribution < -0.4 is 4.74 Å². The lowest BCUT2D eigenvalue weighted by Crippen LogP contribution is -2.16. The number of rotatable bonds is 4. The van der Waals surface area contributed by atoms with Gasteiger partial charge in [0, 0.05) is 0 Å². The molecule has 4 heteroatoms. The number of halogens is 1. The number of hydrogen-bond acceptors (Lipinski definition) is 2. The van der Waals surface area contributed by atoms with Crippen molar-refractivity contribution in [3.63, 3.8) is 0 Å². The Kier molecular flexibility index (Phi) is 4.19. The number of carboxylic acid groups (broad SMARTS) is 1. The first-order chi connectivity index (χ1) is 6.59. The van der Waals surface area contributed by atoms with Crippen molar-refractivity contribution in [2.75, 3.05) is 0 Å². The minimum atomic E-state index is -0.844. The Morgan fingerprint density at radius 3 is 2.79 bits per heavy atom. The van der Waals surface area contributed by atoms with E-state index in [1.807, 2.05) is 24.3 Å². The molecule has 76 valence electrons. The van der Waals surface area contributed by atoms with Crippen LogP contribution in [0.4, 0.5) is 0 Å². The van der Waals surface area contributed by atoms with E-state index in [4.69, 9.17) is 9.84 Å². The second-order valence-electron chi connectivity index (χ2n) is 2.96. The van der Waals surface area contributed by atoms with Gasteiger partial charge in [-0.1, -0.05) is 12.1 Å². The van der Waals surface area contributed by atoms with E-state index in [-0.39, 0.29) is 12.5 Å². The zero-order valence-electron chi connectivity index (χ0n) is 7.74. The van der Waals surface area contributed by atoms with Gasteiger partial charge < -0.3 is 9.84 Å². The predicted molar refractivity (Wildman–Crippen MR) is 61.5 cm³/mol. The third-order valence-corrected chi connectivity index (χ3v) is 2.52. The molecule has 0 saturated heterocycles. The van der Waals surface area contributed by atoms with Gasteiger partial charge in [0.1, 0.15) is 11.9 Å². The number of carboxylic acids is 1. The Hall–Kier alpha value is -0.780. The maximum atomic E-state index is 10.4. The lowest BCUT2D eigenvalue weighted by atomic mass is 10.3. The van der Waals surface area contributed by atoms with E-state index in [0.29, 0.717) is 0 Å². The van der Waals surface area contributed by atoms with Gasteiger partial charge in [-0.2, -0.15) is 0 Å². The highest BCUT2D eigenvalue weighted by Crippen LogP contribution is 2.21. The third kappa shape index (κ3) is 3.53. The van der Waals surface area contributed by atoms with Gasteiger partial charge in [0.2, 0.25) is 0 Å². The SMILES string of the molecule is CC(CC(=O)O)Oc1ccccc1I. The molecule has 0 amide bonds. The van der Waals surface area contributed by atoms with Crippen molar-refractivity contribution >= 4 is 28.6 Å². The number of ether oxygens (including phenoxy) is 1. The fraction of sp³-hybridized carbons (Fsp3) is 0.300.